The highest BCUT2D eigenvalue weighted by molar-refractivity contribution is 5.89. The van der Waals surface area contributed by atoms with Crippen LogP contribution in [-0.4, -0.2) is 54.5 Å². The van der Waals surface area contributed by atoms with Crippen LogP contribution in [0.4, 0.5) is 0 Å². The first-order valence-corrected chi connectivity index (χ1v) is 6.35. The van der Waals surface area contributed by atoms with Gasteiger partial charge >= 0.3 is 5.97 Å². The van der Waals surface area contributed by atoms with Crippen molar-refractivity contribution in [1.29, 1.82) is 0 Å². The third-order valence-electron chi connectivity index (χ3n) is 3.34. The smallest absolute Gasteiger partial charge is 0.338 e. The van der Waals surface area contributed by atoms with Gasteiger partial charge in [-0.3, -0.25) is 0 Å². The van der Waals surface area contributed by atoms with Gasteiger partial charge in [0, 0.05) is 13.5 Å². The molecule has 1 aromatic carbocycles. The molecule has 1 saturated heterocycles. The number of aliphatic hydroxyl groups is 2. The van der Waals surface area contributed by atoms with E-state index in [4.69, 9.17) is 14.2 Å². The monoisotopic (exact) mass is 282 g/mol. The van der Waals surface area contributed by atoms with Gasteiger partial charge in [0.25, 0.3) is 0 Å². The van der Waals surface area contributed by atoms with E-state index in [0.717, 1.165) is 0 Å². The molecule has 0 saturated carbocycles. The van der Waals surface area contributed by atoms with Gasteiger partial charge in [-0.1, -0.05) is 18.2 Å². The van der Waals surface area contributed by atoms with E-state index >= 15 is 0 Å². The van der Waals surface area contributed by atoms with Crippen molar-refractivity contribution >= 4 is 5.97 Å². The molecule has 1 heterocycles. The first kappa shape index (κ1) is 14.9. The number of esters is 1. The maximum atomic E-state index is 11.8. The number of hydrogen-bond donors (Lipinski definition) is 2. The molecule has 0 bridgehead atoms. The second-order valence-electron chi connectivity index (χ2n) is 4.63. The van der Waals surface area contributed by atoms with Crippen LogP contribution in [0.15, 0.2) is 30.3 Å². The Kier molecular flexibility index (Phi) is 4.72. The van der Waals surface area contributed by atoms with Crippen LogP contribution >= 0.6 is 0 Å². The van der Waals surface area contributed by atoms with Gasteiger partial charge in [-0.25, -0.2) is 4.79 Å². The van der Waals surface area contributed by atoms with Crippen molar-refractivity contribution in [3.05, 3.63) is 35.9 Å². The van der Waals surface area contributed by atoms with E-state index in [0.29, 0.717) is 5.56 Å². The average molecular weight is 282 g/mol. The lowest BCUT2D eigenvalue weighted by Crippen LogP contribution is -2.45. The largest absolute Gasteiger partial charge is 0.459 e. The van der Waals surface area contributed by atoms with E-state index < -0.39 is 30.6 Å². The van der Waals surface area contributed by atoms with Crippen LogP contribution < -0.4 is 0 Å². The number of benzene rings is 1. The molecule has 0 unspecified atom stereocenters. The Hall–Kier alpha value is -1.47. The van der Waals surface area contributed by atoms with Gasteiger partial charge < -0.3 is 24.4 Å². The van der Waals surface area contributed by atoms with Crippen LogP contribution in [0.2, 0.25) is 0 Å². The summed E-state index contributed by atoms with van der Waals surface area (Å²) >= 11 is 0. The zero-order valence-electron chi connectivity index (χ0n) is 11.2. The van der Waals surface area contributed by atoms with Crippen molar-refractivity contribution in [2.45, 2.75) is 24.4 Å². The van der Waals surface area contributed by atoms with Gasteiger partial charge in [-0.2, -0.15) is 0 Å². The normalized spacial score (nSPS) is 29.4. The lowest BCUT2D eigenvalue weighted by molar-refractivity contribution is -0.263. The maximum absolute atomic E-state index is 11.8. The molecule has 20 heavy (non-hydrogen) atoms. The third-order valence-corrected chi connectivity index (χ3v) is 3.34. The van der Waals surface area contributed by atoms with Crippen molar-refractivity contribution in [1.82, 2.24) is 0 Å². The Morgan fingerprint density at radius 1 is 1.45 bits per heavy atom. The molecular weight excluding hydrogens is 264 g/mol. The molecule has 0 aliphatic carbocycles. The van der Waals surface area contributed by atoms with Crippen molar-refractivity contribution in [3.63, 3.8) is 0 Å². The highest BCUT2D eigenvalue weighted by atomic mass is 16.7. The number of rotatable bonds is 5. The van der Waals surface area contributed by atoms with Crippen molar-refractivity contribution in [2.24, 2.45) is 0 Å². The molecule has 1 aliphatic heterocycles. The van der Waals surface area contributed by atoms with E-state index in [2.05, 4.69) is 0 Å². The van der Waals surface area contributed by atoms with Gasteiger partial charge in [-0.15, -0.1) is 0 Å². The summed E-state index contributed by atoms with van der Waals surface area (Å²) in [4.78, 5) is 11.8. The van der Waals surface area contributed by atoms with Gasteiger partial charge in [0.15, 0.2) is 0 Å². The number of aliphatic hydroxyl groups excluding tert-OH is 2. The number of methoxy groups -OCH3 is 1. The molecule has 1 aliphatic rings. The summed E-state index contributed by atoms with van der Waals surface area (Å²) in [5.74, 6) is -1.88. The van der Waals surface area contributed by atoms with Crippen molar-refractivity contribution in [2.75, 3.05) is 20.3 Å². The van der Waals surface area contributed by atoms with Crippen LogP contribution in [0, 0.1) is 0 Å². The van der Waals surface area contributed by atoms with Crippen LogP contribution in [0.25, 0.3) is 0 Å². The SMILES string of the molecule is CO[C@@]1(CO)O[C@H](COC(=O)c2ccccc2)C[C@@H]1O. The van der Waals surface area contributed by atoms with Crippen LogP contribution in [0.3, 0.4) is 0 Å². The first-order valence-electron chi connectivity index (χ1n) is 6.35. The topological polar surface area (TPSA) is 85.2 Å². The fraction of sp³-hybridized carbons (Fsp3) is 0.500. The molecule has 2 rings (SSSR count). The lowest BCUT2D eigenvalue weighted by atomic mass is 10.1. The highest BCUT2D eigenvalue weighted by Gasteiger charge is 2.48. The number of ether oxygens (including phenoxy) is 3. The average Bonchev–Trinajstić information content (AvgIpc) is 2.82. The molecule has 6 nitrogen and oxygen atoms in total. The Balaban J connectivity index is 1.88. The van der Waals surface area contributed by atoms with Crippen LogP contribution in [0.1, 0.15) is 16.8 Å². The molecule has 1 aromatic rings. The summed E-state index contributed by atoms with van der Waals surface area (Å²) in [7, 11) is 1.35. The zero-order chi connectivity index (χ0) is 14.6. The van der Waals surface area contributed by atoms with E-state index in [1.54, 1.807) is 30.3 Å². The standard InChI is InChI=1S/C14H18O6/c1-18-14(9-15)12(16)7-11(20-14)8-19-13(17)10-5-3-2-4-6-10/h2-6,11-12,15-16H,7-9H2,1H3/t11-,12-,14-/m0/s1. The minimum absolute atomic E-state index is 0.00407. The molecule has 0 radical (unpaired) electrons. The Bertz CT molecular complexity index is 442. The molecular formula is C14H18O6. The number of hydrogen-bond acceptors (Lipinski definition) is 6. The molecule has 0 amide bonds. The third kappa shape index (κ3) is 2.99. The molecule has 6 heteroatoms. The fourth-order valence-electron chi connectivity index (χ4n) is 2.16. The Labute approximate surface area is 116 Å². The lowest BCUT2D eigenvalue weighted by Gasteiger charge is -2.28. The van der Waals surface area contributed by atoms with Crippen molar-refractivity contribution in [3.8, 4) is 0 Å². The quantitative estimate of drug-likeness (QED) is 0.757. The summed E-state index contributed by atoms with van der Waals surface area (Å²) < 4.78 is 15.6. The Morgan fingerprint density at radius 2 is 2.15 bits per heavy atom. The zero-order valence-corrected chi connectivity index (χ0v) is 11.2. The van der Waals surface area contributed by atoms with Gasteiger partial charge in [0.1, 0.15) is 12.7 Å². The van der Waals surface area contributed by atoms with E-state index in [9.17, 15) is 15.0 Å². The van der Waals surface area contributed by atoms with Gasteiger partial charge in [0.2, 0.25) is 5.79 Å². The van der Waals surface area contributed by atoms with Crippen molar-refractivity contribution < 1.29 is 29.2 Å². The molecule has 3 atom stereocenters. The first-order chi connectivity index (χ1) is 9.61. The highest BCUT2D eigenvalue weighted by Crippen LogP contribution is 2.31. The molecule has 0 spiro atoms. The molecule has 2 N–H and O–H groups in total. The second kappa shape index (κ2) is 6.32. The van der Waals surface area contributed by atoms with Gasteiger partial charge in [-0.05, 0) is 12.1 Å². The summed E-state index contributed by atoms with van der Waals surface area (Å²) in [5, 5.41) is 19.1. The number of carbonyl (C=O) groups excluding carboxylic acids is 1. The Morgan fingerprint density at radius 3 is 2.70 bits per heavy atom. The van der Waals surface area contributed by atoms with E-state index in [1.807, 2.05) is 0 Å². The summed E-state index contributed by atoms with van der Waals surface area (Å²) in [6.07, 6.45) is -1.24. The molecule has 110 valence electrons. The molecule has 0 aromatic heterocycles. The van der Waals surface area contributed by atoms with Crippen LogP contribution in [-0.2, 0) is 14.2 Å². The van der Waals surface area contributed by atoms with Gasteiger partial charge in [0.05, 0.1) is 18.3 Å². The predicted molar refractivity (Wildman–Crippen MR) is 69.0 cm³/mol. The predicted octanol–water partition coefficient (Wildman–Crippen LogP) is 0.328. The van der Waals surface area contributed by atoms with Crippen LogP contribution in [0.5, 0.6) is 0 Å². The second-order valence-corrected chi connectivity index (χ2v) is 4.63. The minimum Gasteiger partial charge on any atom is -0.459 e. The molecule has 1 fully saturated rings. The summed E-state index contributed by atoms with van der Waals surface area (Å²) in [5.41, 5.74) is 0.450. The summed E-state index contributed by atoms with van der Waals surface area (Å²) in [6, 6.07) is 8.60. The van der Waals surface area contributed by atoms with E-state index in [-0.39, 0.29) is 13.0 Å². The minimum atomic E-state index is -1.43. The van der Waals surface area contributed by atoms with E-state index in [1.165, 1.54) is 7.11 Å². The number of carbonyl (C=O) groups is 1. The fourth-order valence-corrected chi connectivity index (χ4v) is 2.16. The maximum Gasteiger partial charge on any atom is 0.338 e. The summed E-state index contributed by atoms with van der Waals surface area (Å²) in [6.45, 7) is -0.469.